The van der Waals surface area contributed by atoms with Crippen molar-refractivity contribution >= 4 is 17.4 Å². The Hall–Kier alpha value is -0.830. The second-order valence-corrected chi connectivity index (χ2v) is 8.14. The first kappa shape index (κ1) is 15.6. The van der Waals surface area contributed by atoms with Gasteiger partial charge in [0, 0.05) is 17.5 Å². The zero-order valence-electron chi connectivity index (χ0n) is 13.3. The number of rotatable bonds is 2. The van der Waals surface area contributed by atoms with Crippen molar-refractivity contribution < 1.29 is 0 Å². The highest BCUT2D eigenvalue weighted by Gasteiger charge is 2.28. The zero-order chi connectivity index (χ0) is 15.0. The second kappa shape index (κ2) is 5.51. The monoisotopic (exact) mass is 295 g/mol. The van der Waals surface area contributed by atoms with Crippen molar-refractivity contribution in [2.45, 2.75) is 71.8 Å². The quantitative estimate of drug-likeness (QED) is 0.796. The maximum atomic E-state index is 6.14. The third kappa shape index (κ3) is 4.08. The van der Waals surface area contributed by atoms with Gasteiger partial charge in [-0.05, 0) is 24.7 Å². The summed E-state index contributed by atoms with van der Waals surface area (Å²) in [6.07, 6.45) is 4.97. The number of halogens is 1. The topological polar surface area (TPSA) is 37.8 Å². The Morgan fingerprint density at radius 3 is 2.60 bits per heavy atom. The molecule has 1 N–H and O–H groups in total. The van der Waals surface area contributed by atoms with Crippen LogP contribution in [-0.4, -0.2) is 16.0 Å². The van der Waals surface area contributed by atoms with E-state index in [2.05, 4.69) is 49.9 Å². The van der Waals surface area contributed by atoms with Gasteiger partial charge in [0.05, 0.1) is 0 Å². The van der Waals surface area contributed by atoms with Crippen molar-refractivity contribution in [3.05, 3.63) is 17.0 Å². The molecule has 0 radical (unpaired) electrons. The van der Waals surface area contributed by atoms with Gasteiger partial charge in [0.1, 0.15) is 16.8 Å². The van der Waals surface area contributed by atoms with E-state index in [-0.39, 0.29) is 5.41 Å². The van der Waals surface area contributed by atoms with Gasteiger partial charge in [-0.1, -0.05) is 52.6 Å². The van der Waals surface area contributed by atoms with Crippen LogP contribution in [0, 0.1) is 5.41 Å². The lowest BCUT2D eigenvalue weighted by Gasteiger charge is -2.35. The lowest BCUT2D eigenvalue weighted by Crippen LogP contribution is -2.32. The first-order chi connectivity index (χ1) is 9.16. The molecule has 112 valence electrons. The van der Waals surface area contributed by atoms with E-state index in [1.54, 1.807) is 0 Å². The van der Waals surface area contributed by atoms with Gasteiger partial charge >= 0.3 is 0 Å². The standard InChI is InChI=1S/C16H26ClN3/c1-15(2,3)14-19-12(17)9-13(20-14)18-11-7-6-8-16(4,5)10-11/h9,11H,6-8,10H2,1-5H3,(H,18,19,20). The number of hydrogen-bond acceptors (Lipinski definition) is 3. The number of hydrogen-bond donors (Lipinski definition) is 1. The molecule has 0 amide bonds. The van der Waals surface area contributed by atoms with Gasteiger partial charge in [-0.25, -0.2) is 9.97 Å². The SMILES string of the molecule is CC1(C)CCCC(Nc2cc(Cl)nc(C(C)(C)C)n2)C1. The maximum Gasteiger partial charge on any atom is 0.137 e. The Bertz CT molecular complexity index is 477. The summed E-state index contributed by atoms with van der Waals surface area (Å²) >= 11 is 6.14. The van der Waals surface area contributed by atoms with E-state index in [0.717, 1.165) is 11.6 Å². The fourth-order valence-corrected chi connectivity index (χ4v) is 3.04. The molecule has 0 aliphatic heterocycles. The highest BCUT2D eigenvalue weighted by Crippen LogP contribution is 2.36. The highest BCUT2D eigenvalue weighted by molar-refractivity contribution is 6.29. The molecular weight excluding hydrogens is 270 g/mol. The summed E-state index contributed by atoms with van der Waals surface area (Å²) in [7, 11) is 0. The Morgan fingerprint density at radius 2 is 2.00 bits per heavy atom. The molecule has 4 heteroatoms. The number of aromatic nitrogens is 2. The van der Waals surface area contributed by atoms with Crippen molar-refractivity contribution in [3.8, 4) is 0 Å². The molecule has 3 nitrogen and oxygen atoms in total. The average molecular weight is 296 g/mol. The first-order valence-electron chi connectivity index (χ1n) is 7.47. The molecule has 1 atom stereocenters. The predicted octanol–water partition coefficient (Wildman–Crippen LogP) is 4.81. The van der Waals surface area contributed by atoms with Crippen LogP contribution in [0.5, 0.6) is 0 Å². The lowest BCUT2D eigenvalue weighted by molar-refractivity contribution is 0.229. The maximum absolute atomic E-state index is 6.14. The van der Waals surface area contributed by atoms with E-state index < -0.39 is 0 Å². The molecule has 1 aliphatic rings. The summed E-state index contributed by atoms with van der Waals surface area (Å²) in [5.41, 5.74) is 0.326. The molecule has 0 saturated heterocycles. The van der Waals surface area contributed by atoms with Gasteiger partial charge in [0.2, 0.25) is 0 Å². The third-order valence-corrected chi connectivity index (χ3v) is 4.12. The summed E-state index contributed by atoms with van der Waals surface area (Å²) in [5, 5.41) is 4.07. The van der Waals surface area contributed by atoms with Crippen LogP contribution in [-0.2, 0) is 5.41 Å². The Morgan fingerprint density at radius 1 is 1.30 bits per heavy atom. The number of nitrogens with zero attached hydrogens (tertiary/aromatic N) is 2. The molecule has 20 heavy (non-hydrogen) atoms. The van der Waals surface area contributed by atoms with Gasteiger partial charge < -0.3 is 5.32 Å². The molecule has 1 aliphatic carbocycles. The molecule has 1 heterocycles. The van der Waals surface area contributed by atoms with Crippen molar-refractivity contribution in [2.24, 2.45) is 5.41 Å². The Labute approximate surface area is 127 Å². The van der Waals surface area contributed by atoms with Crippen molar-refractivity contribution in [1.82, 2.24) is 9.97 Å². The van der Waals surface area contributed by atoms with E-state index in [0.29, 0.717) is 16.6 Å². The first-order valence-corrected chi connectivity index (χ1v) is 7.85. The largest absolute Gasteiger partial charge is 0.367 e. The number of anilines is 1. The minimum Gasteiger partial charge on any atom is -0.367 e. The Balaban J connectivity index is 2.15. The van der Waals surface area contributed by atoms with Crippen LogP contribution >= 0.6 is 11.6 Å². The summed E-state index contributed by atoms with van der Waals surface area (Å²) in [5.74, 6) is 1.65. The van der Waals surface area contributed by atoms with Crippen LogP contribution in [0.15, 0.2) is 6.07 Å². The minimum atomic E-state index is -0.0901. The van der Waals surface area contributed by atoms with Crippen LogP contribution in [0.3, 0.4) is 0 Å². The molecule has 0 aromatic carbocycles. The molecule has 0 bridgehead atoms. The fourth-order valence-electron chi connectivity index (χ4n) is 2.86. The van der Waals surface area contributed by atoms with E-state index in [1.165, 1.54) is 25.7 Å². The van der Waals surface area contributed by atoms with Crippen LogP contribution in [0.4, 0.5) is 5.82 Å². The summed E-state index contributed by atoms with van der Waals surface area (Å²) < 4.78 is 0. The number of nitrogens with one attached hydrogen (secondary N) is 1. The molecule has 1 fully saturated rings. The molecule has 2 rings (SSSR count). The van der Waals surface area contributed by atoms with Crippen LogP contribution in [0.1, 0.15) is 66.1 Å². The highest BCUT2D eigenvalue weighted by atomic mass is 35.5. The summed E-state index contributed by atoms with van der Waals surface area (Å²) in [6.45, 7) is 11.0. The lowest BCUT2D eigenvalue weighted by atomic mass is 9.75. The van der Waals surface area contributed by atoms with Crippen molar-refractivity contribution in [1.29, 1.82) is 0 Å². The predicted molar refractivity (Wildman–Crippen MR) is 85.4 cm³/mol. The van der Waals surface area contributed by atoms with E-state index in [1.807, 2.05) is 6.07 Å². The van der Waals surface area contributed by atoms with Gasteiger partial charge in [-0.15, -0.1) is 0 Å². The van der Waals surface area contributed by atoms with E-state index in [9.17, 15) is 0 Å². The van der Waals surface area contributed by atoms with Crippen molar-refractivity contribution in [3.63, 3.8) is 0 Å². The molecule has 1 aromatic rings. The Kier molecular flexibility index (Phi) is 4.29. The molecule has 1 unspecified atom stereocenters. The summed E-state index contributed by atoms with van der Waals surface area (Å²) in [6, 6.07) is 2.32. The van der Waals surface area contributed by atoms with Crippen LogP contribution < -0.4 is 5.32 Å². The molecule has 1 saturated carbocycles. The zero-order valence-corrected chi connectivity index (χ0v) is 14.0. The molecule has 1 aromatic heterocycles. The smallest absolute Gasteiger partial charge is 0.137 e. The summed E-state index contributed by atoms with van der Waals surface area (Å²) in [4.78, 5) is 8.98. The van der Waals surface area contributed by atoms with Gasteiger partial charge in [-0.3, -0.25) is 0 Å². The third-order valence-electron chi connectivity index (χ3n) is 3.92. The van der Waals surface area contributed by atoms with E-state index >= 15 is 0 Å². The second-order valence-electron chi connectivity index (χ2n) is 7.75. The van der Waals surface area contributed by atoms with Gasteiger partial charge in [-0.2, -0.15) is 0 Å². The molecular formula is C16H26ClN3. The van der Waals surface area contributed by atoms with Crippen molar-refractivity contribution in [2.75, 3.05) is 5.32 Å². The fraction of sp³-hybridized carbons (Fsp3) is 0.750. The van der Waals surface area contributed by atoms with Crippen LogP contribution in [0.2, 0.25) is 5.15 Å². The van der Waals surface area contributed by atoms with Gasteiger partial charge in [0.15, 0.2) is 0 Å². The minimum absolute atomic E-state index is 0.0901. The van der Waals surface area contributed by atoms with Gasteiger partial charge in [0.25, 0.3) is 0 Å². The van der Waals surface area contributed by atoms with E-state index in [4.69, 9.17) is 11.6 Å². The normalized spacial score (nSPS) is 22.6. The molecule has 0 spiro atoms. The van der Waals surface area contributed by atoms with Crippen LogP contribution in [0.25, 0.3) is 0 Å². The average Bonchev–Trinajstić information content (AvgIpc) is 2.25.